The lowest BCUT2D eigenvalue weighted by atomic mass is 10.1. The van der Waals surface area contributed by atoms with Gasteiger partial charge < -0.3 is 24.8 Å². The fraction of sp³-hybridized carbons (Fsp3) is 1.00. The van der Waals surface area contributed by atoms with Crippen molar-refractivity contribution in [3.63, 3.8) is 0 Å². The van der Waals surface area contributed by atoms with Crippen LogP contribution < -0.4 is 0 Å². The molecule has 0 bridgehead atoms. The number of aliphatic hydroxyl groups is 3. The van der Waals surface area contributed by atoms with Crippen molar-refractivity contribution < 1.29 is 24.8 Å². The third-order valence-electron chi connectivity index (χ3n) is 4.82. The number of hydrogen-bond donors (Lipinski definition) is 3. The highest BCUT2D eigenvalue weighted by atomic mass is 16.6. The molecular formula is C19H38O5. The van der Waals surface area contributed by atoms with Gasteiger partial charge in [0.25, 0.3) is 0 Å². The molecule has 144 valence electrons. The number of aliphatic hydroxyl groups excluding tert-OH is 3. The van der Waals surface area contributed by atoms with Gasteiger partial charge in [-0.05, 0) is 6.42 Å². The molecule has 0 radical (unpaired) electrons. The summed E-state index contributed by atoms with van der Waals surface area (Å²) in [6.07, 6.45) is 11.2. The minimum atomic E-state index is -1.05. The maximum absolute atomic E-state index is 10.0. The van der Waals surface area contributed by atoms with E-state index in [1.165, 1.54) is 57.8 Å². The second-order valence-corrected chi connectivity index (χ2v) is 6.98. The molecule has 0 amide bonds. The molecule has 5 nitrogen and oxygen atoms in total. The number of ether oxygens (including phenoxy) is 2. The Morgan fingerprint density at radius 3 is 2.04 bits per heavy atom. The molecule has 1 rings (SSSR count). The van der Waals surface area contributed by atoms with Crippen molar-refractivity contribution in [2.24, 2.45) is 0 Å². The van der Waals surface area contributed by atoms with E-state index in [0.717, 1.165) is 12.8 Å². The molecule has 0 aromatic rings. The van der Waals surface area contributed by atoms with Crippen LogP contribution >= 0.6 is 0 Å². The monoisotopic (exact) mass is 346 g/mol. The van der Waals surface area contributed by atoms with Gasteiger partial charge in [0.2, 0.25) is 0 Å². The van der Waals surface area contributed by atoms with Crippen LogP contribution in [0.25, 0.3) is 0 Å². The highest BCUT2D eigenvalue weighted by Gasteiger charge is 2.40. The summed E-state index contributed by atoms with van der Waals surface area (Å²) in [6, 6.07) is 0. The maximum atomic E-state index is 10.0. The van der Waals surface area contributed by atoms with E-state index in [-0.39, 0.29) is 12.7 Å². The van der Waals surface area contributed by atoms with E-state index in [2.05, 4.69) is 6.92 Å². The summed E-state index contributed by atoms with van der Waals surface area (Å²) in [5.74, 6) is 0. The van der Waals surface area contributed by atoms with Gasteiger partial charge in [0, 0.05) is 6.61 Å². The van der Waals surface area contributed by atoms with E-state index in [0.29, 0.717) is 6.61 Å². The Kier molecular flexibility index (Phi) is 12.8. The molecular weight excluding hydrogens is 308 g/mol. The summed E-state index contributed by atoms with van der Waals surface area (Å²) in [6.45, 7) is 2.74. The molecule has 0 aromatic carbocycles. The van der Waals surface area contributed by atoms with Crippen molar-refractivity contribution >= 4 is 0 Å². The zero-order chi connectivity index (χ0) is 17.6. The predicted molar refractivity (Wildman–Crippen MR) is 95.0 cm³/mol. The van der Waals surface area contributed by atoms with Gasteiger partial charge in [-0.3, -0.25) is 0 Å². The SMILES string of the molecule is CCCCCCCCCCCCCO[C@@H]1CO[C@H]([C@@H](O)CO)[C@@H]1O. The topological polar surface area (TPSA) is 79.2 Å². The molecule has 3 N–H and O–H groups in total. The van der Waals surface area contributed by atoms with E-state index in [4.69, 9.17) is 14.6 Å². The Bertz CT molecular complexity index is 287. The summed E-state index contributed by atoms with van der Waals surface area (Å²) in [5.41, 5.74) is 0. The van der Waals surface area contributed by atoms with Crippen LogP contribution in [0.1, 0.15) is 77.6 Å². The lowest BCUT2D eigenvalue weighted by Gasteiger charge is -2.20. The van der Waals surface area contributed by atoms with Crippen molar-refractivity contribution in [3.05, 3.63) is 0 Å². The first kappa shape index (κ1) is 21.8. The number of rotatable bonds is 15. The molecule has 0 unspecified atom stereocenters. The zero-order valence-corrected chi connectivity index (χ0v) is 15.4. The zero-order valence-electron chi connectivity index (χ0n) is 15.4. The van der Waals surface area contributed by atoms with Crippen molar-refractivity contribution in [2.75, 3.05) is 19.8 Å². The van der Waals surface area contributed by atoms with Crippen molar-refractivity contribution in [1.29, 1.82) is 0 Å². The largest absolute Gasteiger partial charge is 0.394 e. The van der Waals surface area contributed by atoms with Gasteiger partial charge in [0.15, 0.2) is 0 Å². The average molecular weight is 347 g/mol. The first-order chi connectivity index (χ1) is 11.7. The molecule has 1 aliphatic heterocycles. The lowest BCUT2D eigenvalue weighted by molar-refractivity contribution is -0.0730. The molecule has 1 aliphatic rings. The van der Waals surface area contributed by atoms with E-state index in [9.17, 15) is 10.2 Å². The minimum Gasteiger partial charge on any atom is -0.394 e. The van der Waals surface area contributed by atoms with E-state index >= 15 is 0 Å². The van der Waals surface area contributed by atoms with Gasteiger partial charge in [0.1, 0.15) is 24.4 Å². The molecule has 1 heterocycles. The van der Waals surface area contributed by atoms with E-state index in [1.54, 1.807) is 0 Å². The maximum Gasteiger partial charge on any atom is 0.114 e. The first-order valence-corrected chi connectivity index (χ1v) is 9.90. The van der Waals surface area contributed by atoms with Crippen LogP contribution in [0.4, 0.5) is 0 Å². The van der Waals surface area contributed by atoms with Crippen LogP contribution in [-0.4, -0.2) is 59.6 Å². The molecule has 0 spiro atoms. The number of hydrogen-bond acceptors (Lipinski definition) is 5. The van der Waals surface area contributed by atoms with E-state index in [1.807, 2.05) is 0 Å². The van der Waals surface area contributed by atoms with Gasteiger partial charge in [0.05, 0.1) is 13.2 Å². The second-order valence-electron chi connectivity index (χ2n) is 6.98. The van der Waals surface area contributed by atoms with Crippen LogP contribution in [0.3, 0.4) is 0 Å². The summed E-state index contributed by atoms with van der Waals surface area (Å²) >= 11 is 0. The molecule has 0 saturated carbocycles. The third-order valence-corrected chi connectivity index (χ3v) is 4.82. The molecule has 24 heavy (non-hydrogen) atoms. The van der Waals surface area contributed by atoms with Crippen molar-refractivity contribution in [1.82, 2.24) is 0 Å². The Balaban J connectivity index is 1.89. The molecule has 1 fully saturated rings. The fourth-order valence-electron chi connectivity index (χ4n) is 3.20. The first-order valence-electron chi connectivity index (χ1n) is 9.90. The van der Waals surface area contributed by atoms with Gasteiger partial charge in [-0.25, -0.2) is 0 Å². The van der Waals surface area contributed by atoms with Crippen LogP contribution in [0, 0.1) is 0 Å². The standard InChI is InChI=1S/C19H38O5/c1-2-3-4-5-6-7-8-9-10-11-12-13-23-17-15-24-19(18(17)22)16(21)14-20/h16-22H,2-15H2,1H3/t16-,17+,18+,19+/m0/s1. The minimum absolute atomic E-state index is 0.279. The van der Waals surface area contributed by atoms with Crippen molar-refractivity contribution in [3.8, 4) is 0 Å². The fourth-order valence-corrected chi connectivity index (χ4v) is 3.20. The highest BCUT2D eigenvalue weighted by molar-refractivity contribution is 4.88. The number of unbranched alkanes of at least 4 members (excludes halogenated alkanes) is 10. The Morgan fingerprint density at radius 1 is 0.958 bits per heavy atom. The Labute approximate surface area is 147 Å². The van der Waals surface area contributed by atoms with Crippen LogP contribution in [-0.2, 0) is 9.47 Å². The smallest absolute Gasteiger partial charge is 0.114 e. The van der Waals surface area contributed by atoms with Gasteiger partial charge >= 0.3 is 0 Å². The predicted octanol–water partition coefficient (Wildman–Crippen LogP) is 2.80. The summed E-state index contributed by atoms with van der Waals surface area (Å²) in [5, 5.41) is 28.4. The van der Waals surface area contributed by atoms with Gasteiger partial charge in [-0.2, -0.15) is 0 Å². The normalized spacial score (nSPS) is 25.2. The average Bonchev–Trinajstić information content (AvgIpc) is 2.96. The molecule has 5 heteroatoms. The quantitative estimate of drug-likeness (QED) is 0.397. The van der Waals surface area contributed by atoms with Crippen LogP contribution in [0.15, 0.2) is 0 Å². The van der Waals surface area contributed by atoms with Gasteiger partial charge in [-0.15, -0.1) is 0 Å². The van der Waals surface area contributed by atoms with Crippen LogP contribution in [0.5, 0.6) is 0 Å². The highest BCUT2D eigenvalue weighted by Crippen LogP contribution is 2.20. The summed E-state index contributed by atoms with van der Waals surface area (Å²) in [4.78, 5) is 0. The summed E-state index contributed by atoms with van der Waals surface area (Å²) in [7, 11) is 0. The van der Waals surface area contributed by atoms with Crippen LogP contribution in [0.2, 0.25) is 0 Å². The molecule has 0 aliphatic carbocycles. The third kappa shape index (κ3) is 8.77. The van der Waals surface area contributed by atoms with Gasteiger partial charge in [-0.1, -0.05) is 71.1 Å². The summed E-state index contributed by atoms with van der Waals surface area (Å²) < 4.78 is 11.0. The molecule has 1 saturated heterocycles. The Hall–Kier alpha value is -0.200. The second kappa shape index (κ2) is 14.0. The van der Waals surface area contributed by atoms with Crippen molar-refractivity contribution in [2.45, 2.75) is 102 Å². The molecule has 0 aromatic heterocycles. The van der Waals surface area contributed by atoms with E-state index < -0.39 is 24.9 Å². The lowest BCUT2D eigenvalue weighted by Crippen LogP contribution is -2.41. The Morgan fingerprint density at radius 2 is 1.50 bits per heavy atom. The molecule has 4 atom stereocenters.